The Bertz CT molecular complexity index is 512. The Morgan fingerprint density at radius 2 is 1.90 bits per heavy atom. The van der Waals surface area contributed by atoms with Crippen LogP contribution in [-0.4, -0.2) is 29.1 Å². The first-order valence-corrected chi connectivity index (χ1v) is 6.96. The van der Waals surface area contributed by atoms with Gasteiger partial charge in [-0.15, -0.1) is 0 Å². The molecule has 1 amide bonds. The second-order valence-electron chi connectivity index (χ2n) is 6.12. The van der Waals surface area contributed by atoms with Crippen molar-refractivity contribution in [3.05, 3.63) is 35.4 Å². The van der Waals surface area contributed by atoms with E-state index in [0.29, 0.717) is 11.1 Å². The van der Waals surface area contributed by atoms with Gasteiger partial charge in [0.05, 0.1) is 23.8 Å². The highest BCUT2D eigenvalue weighted by Gasteiger charge is 2.19. The molecular weight excluding hydrogens is 266 g/mol. The first-order valence-electron chi connectivity index (χ1n) is 6.96. The summed E-state index contributed by atoms with van der Waals surface area (Å²) in [5.74, 6) is -0.102. The largest absolute Gasteiger partial charge is 0.387 e. The van der Waals surface area contributed by atoms with E-state index in [-0.39, 0.29) is 18.0 Å². The molecule has 5 heteroatoms. The van der Waals surface area contributed by atoms with Gasteiger partial charge >= 0.3 is 0 Å². The Hall–Kier alpha value is -1.90. The number of rotatable bonds is 5. The van der Waals surface area contributed by atoms with E-state index in [2.05, 4.69) is 10.6 Å². The molecule has 1 aromatic carbocycles. The quantitative estimate of drug-likeness (QED) is 0.766. The number of nitrogens with zero attached hydrogens (tertiary/aromatic N) is 1. The molecule has 0 aliphatic carbocycles. The molecule has 0 fully saturated rings. The van der Waals surface area contributed by atoms with Gasteiger partial charge in [-0.1, -0.05) is 12.1 Å². The number of amides is 1. The van der Waals surface area contributed by atoms with Crippen LogP contribution in [0, 0.1) is 11.3 Å². The zero-order valence-electron chi connectivity index (χ0n) is 13.0. The van der Waals surface area contributed by atoms with E-state index < -0.39 is 12.1 Å². The molecule has 1 aromatic rings. The zero-order chi connectivity index (χ0) is 16.0. The third kappa shape index (κ3) is 5.94. The summed E-state index contributed by atoms with van der Waals surface area (Å²) in [4.78, 5) is 11.9. The van der Waals surface area contributed by atoms with E-state index >= 15 is 0 Å². The molecule has 114 valence electrons. The lowest BCUT2D eigenvalue weighted by molar-refractivity contribution is -0.124. The van der Waals surface area contributed by atoms with Crippen molar-refractivity contribution in [3.63, 3.8) is 0 Å². The van der Waals surface area contributed by atoms with Gasteiger partial charge in [-0.3, -0.25) is 4.79 Å². The number of hydrogen-bond acceptors (Lipinski definition) is 4. The summed E-state index contributed by atoms with van der Waals surface area (Å²) in [7, 11) is 0. The molecule has 2 atom stereocenters. The van der Waals surface area contributed by atoms with Crippen LogP contribution >= 0.6 is 0 Å². The summed E-state index contributed by atoms with van der Waals surface area (Å²) >= 11 is 0. The van der Waals surface area contributed by atoms with E-state index in [1.165, 1.54) is 0 Å². The Morgan fingerprint density at radius 1 is 1.33 bits per heavy atom. The maximum Gasteiger partial charge on any atom is 0.237 e. The van der Waals surface area contributed by atoms with E-state index in [0.717, 1.165) is 0 Å². The zero-order valence-corrected chi connectivity index (χ0v) is 13.0. The second kappa shape index (κ2) is 7.21. The topological polar surface area (TPSA) is 85.2 Å². The standard InChI is InChI=1S/C16H23N3O2/c1-11(15(21)19-16(2,3)4)18-10-14(20)13-7-5-12(9-17)6-8-13/h5-8,11,14,18,20H,10H2,1-4H3,(H,19,21). The summed E-state index contributed by atoms with van der Waals surface area (Å²) < 4.78 is 0. The highest BCUT2D eigenvalue weighted by Crippen LogP contribution is 2.13. The molecule has 0 saturated heterocycles. The van der Waals surface area contributed by atoms with Crippen molar-refractivity contribution in [2.45, 2.75) is 45.4 Å². The molecule has 0 aromatic heterocycles. The highest BCUT2D eigenvalue weighted by atomic mass is 16.3. The van der Waals surface area contributed by atoms with Gasteiger partial charge in [0, 0.05) is 12.1 Å². The second-order valence-corrected chi connectivity index (χ2v) is 6.12. The van der Waals surface area contributed by atoms with Crippen LogP contribution in [0.2, 0.25) is 0 Å². The van der Waals surface area contributed by atoms with Gasteiger partial charge in [0.15, 0.2) is 0 Å². The average Bonchev–Trinajstić information content (AvgIpc) is 2.42. The minimum absolute atomic E-state index is 0.102. The lowest BCUT2D eigenvalue weighted by Gasteiger charge is -2.24. The van der Waals surface area contributed by atoms with Gasteiger partial charge in [0.1, 0.15) is 0 Å². The Morgan fingerprint density at radius 3 is 2.38 bits per heavy atom. The number of carbonyl (C=O) groups excluding carboxylic acids is 1. The number of nitrogens with one attached hydrogen (secondary N) is 2. The fraction of sp³-hybridized carbons (Fsp3) is 0.500. The molecule has 0 aliphatic heterocycles. The SMILES string of the molecule is CC(NCC(O)c1ccc(C#N)cc1)C(=O)NC(C)(C)C. The summed E-state index contributed by atoms with van der Waals surface area (Å²) in [6, 6.07) is 8.39. The van der Waals surface area contributed by atoms with Crippen molar-refractivity contribution in [1.29, 1.82) is 5.26 Å². The number of nitriles is 1. The molecule has 0 heterocycles. The van der Waals surface area contributed by atoms with E-state index in [1.54, 1.807) is 31.2 Å². The molecule has 5 nitrogen and oxygen atoms in total. The first kappa shape index (κ1) is 17.2. The molecule has 0 radical (unpaired) electrons. The van der Waals surface area contributed by atoms with Crippen LogP contribution in [0.5, 0.6) is 0 Å². The number of aliphatic hydroxyl groups is 1. The molecule has 0 spiro atoms. The minimum atomic E-state index is -0.720. The third-order valence-corrected chi connectivity index (χ3v) is 2.93. The fourth-order valence-corrected chi connectivity index (χ4v) is 1.76. The Labute approximate surface area is 126 Å². The summed E-state index contributed by atoms with van der Waals surface area (Å²) in [5, 5.41) is 24.7. The van der Waals surface area contributed by atoms with Crippen molar-refractivity contribution >= 4 is 5.91 Å². The van der Waals surface area contributed by atoms with Crippen molar-refractivity contribution in [2.75, 3.05) is 6.54 Å². The van der Waals surface area contributed by atoms with Crippen LogP contribution < -0.4 is 10.6 Å². The lowest BCUT2D eigenvalue weighted by atomic mass is 10.1. The highest BCUT2D eigenvalue weighted by molar-refractivity contribution is 5.81. The first-order chi connectivity index (χ1) is 9.73. The van der Waals surface area contributed by atoms with Gasteiger partial charge in [-0.05, 0) is 45.4 Å². The van der Waals surface area contributed by atoms with E-state index in [1.807, 2.05) is 26.8 Å². The summed E-state index contributed by atoms with van der Waals surface area (Å²) in [6.07, 6.45) is -0.720. The Kier molecular flexibility index (Phi) is 5.89. The number of aliphatic hydroxyl groups excluding tert-OH is 1. The fourth-order valence-electron chi connectivity index (χ4n) is 1.76. The van der Waals surface area contributed by atoms with Crippen LogP contribution in [0.3, 0.4) is 0 Å². The monoisotopic (exact) mass is 289 g/mol. The summed E-state index contributed by atoms with van der Waals surface area (Å²) in [6.45, 7) is 7.78. The number of carbonyl (C=O) groups is 1. The molecular formula is C16H23N3O2. The number of hydrogen-bond donors (Lipinski definition) is 3. The normalized spacial score (nSPS) is 14.1. The molecule has 0 bridgehead atoms. The van der Waals surface area contributed by atoms with Crippen molar-refractivity contribution < 1.29 is 9.90 Å². The van der Waals surface area contributed by atoms with E-state index in [9.17, 15) is 9.90 Å². The predicted molar refractivity (Wildman–Crippen MR) is 81.5 cm³/mol. The van der Waals surface area contributed by atoms with Gasteiger partial charge in [0.25, 0.3) is 0 Å². The molecule has 3 N–H and O–H groups in total. The van der Waals surface area contributed by atoms with Crippen molar-refractivity contribution in [3.8, 4) is 6.07 Å². The molecule has 2 unspecified atom stereocenters. The van der Waals surface area contributed by atoms with Crippen molar-refractivity contribution in [2.24, 2.45) is 0 Å². The van der Waals surface area contributed by atoms with Gasteiger partial charge in [-0.2, -0.15) is 5.26 Å². The molecule has 21 heavy (non-hydrogen) atoms. The molecule has 0 aliphatic rings. The van der Waals surface area contributed by atoms with Gasteiger partial charge < -0.3 is 15.7 Å². The predicted octanol–water partition coefficient (Wildman–Crippen LogP) is 1.48. The maximum atomic E-state index is 11.9. The van der Waals surface area contributed by atoms with Crippen LogP contribution in [0.4, 0.5) is 0 Å². The van der Waals surface area contributed by atoms with Gasteiger partial charge in [0.2, 0.25) is 5.91 Å². The maximum absolute atomic E-state index is 11.9. The lowest BCUT2D eigenvalue weighted by Crippen LogP contribution is -2.50. The van der Waals surface area contributed by atoms with Crippen LogP contribution in [0.1, 0.15) is 44.9 Å². The van der Waals surface area contributed by atoms with Crippen LogP contribution in [-0.2, 0) is 4.79 Å². The Balaban J connectivity index is 2.50. The number of benzene rings is 1. The van der Waals surface area contributed by atoms with Crippen molar-refractivity contribution in [1.82, 2.24) is 10.6 Å². The molecule has 0 saturated carbocycles. The molecule has 1 rings (SSSR count). The van der Waals surface area contributed by atoms with Crippen LogP contribution in [0.15, 0.2) is 24.3 Å². The smallest absolute Gasteiger partial charge is 0.237 e. The van der Waals surface area contributed by atoms with Crippen LogP contribution in [0.25, 0.3) is 0 Å². The summed E-state index contributed by atoms with van der Waals surface area (Å²) in [5.41, 5.74) is 0.987. The third-order valence-electron chi connectivity index (χ3n) is 2.93. The average molecular weight is 289 g/mol. The minimum Gasteiger partial charge on any atom is -0.387 e. The van der Waals surface area contributed by atoms with Gasteiger partial charge in [-0.25, -0.2) is 0 Å². The van der Waals surface area contributed by atoms with E-state index in [4.69, 9.17) is 5.26 Å².